The number of quaternary nitrogens is 1. The van der Waals surface area contributed by atoms with Gasteiger partial charge in [0, 0.05) is 23.8 Å². The van der Waals surface area contributed by atoms with Crippen molar-refractivity contribution in [2.45, 2.75) is 204 Å². The lowest BCUT2D eigenvalue weighted by Gasteiger charge is -2.24. The van der Waals surface area contributed by atoms with Crippen LogP contribution in [0.1, 0.15) is 181 Å². The number of unbranched alkanes of at least 4 members (excludes halogenated alkanes) is 18. The summed E-state index contributed by atoms with van der Waals surface area (Å²) in [6.07, 6.45) is 44.4. The van der Waals surface area contributed by atoms with Crippen molar-refractivity contribution in [1.82, 2.24) is 0 Å². The number of hydrogen-bond acceptors (Lipinski definition) is 11. The third-order valence-corrected chi connectivity index (χ3v) is 13.4. The molecule has 15 heteroatoms. The number of aliphatic hydroxyl groups excluding tert-OH is 1. The normalized spacial score (nSPS) is 15.2. The molecule has 0 bridgehead atoms. The molecule has 0 aromatic heterocycles. The van der Waals surface area contributed by atoms with Gasteiger partial charge in [-0.1, -0.05) is 164 Å². The van der Waals surface area contributed by atoms with Gasteiger partial charge in [0.2, 0.25) is 0 Å². The number of thioether (sulfide) groups is 1. The van der Waals surface area contributed by atoms with Crippen LogP contribution in [0.4, 0.5) is 0 Å². The van der Waals surface area contributed by atoms with Gasteiger partial charge in [-0.3, -0.25) is 23.4 Å². The van der Waals surface area contributed by atoms with Crippen molar-refractivity contribution in [1.29, 1.82) is 0 Å². The van der Waals surface area contributed by atoms with E-state index in [1.165, 1.54) is 108 Å². The molecule has 0 aliphatic heterocycles. The number of allylic oxidation sites excluding steroid dienone is 9. The van der Waals surface area contributed by atoms with Gasteiger partial charge in [0.05, 0.1) is 33.9 Å². The fraction of sp³-hybridized carbons (Fsp3) is 0.755. The number of nitrogens with zero attached hydrogens (tertiary/aromatic N) is 1. The molecule has 68 heavy (non-hydrogen) atoms. The van der Waals surface area contributed by atoms with E-state index < -0.39 is 62.4 Å². The second-order valence-corrected chi connectivity index (χ2v) is 21.4. The van der Waals surface area contributed by atoms with Gasteiger partial charge in [-0.25, -0.2) is 4.57 Å². The Kier molecular flexibility index (Phi) is 42.7. The van der Waals surface area contributed by atoms with Gasteiger partial charge in [-0.05, 0) is 64.2 Å². The summed E-state index contributed by atoms with van der Waals surface area (Å²) in [5.41, 5.74) is 6.22. The highest BCUT2D eigenvalue weighted by Gasteiger charge is 2.28. The summed E-state index contributed by atoms with van der Waals surface area (Å²) in [6.45, 7) is 3.82. The van der Waals surface area contributed by atoms with Crippen LogP contribution in [-0.2, 0) is 37.5 Å². The number of carbonyl (C=O) groups excluding carboxylic acids is 2. The van der Waals surface area contributed by atoms with Gasteiger partial charge < -0.3 is 34.8 Å². The van der Waals surface area contributed by atoms with Gasteiger partial charge in [-0.2, -0.15) is 0 Å². The zero-order valence-corrected chi connectivity index (χ0v) is 44.7. The maximum absolute atomic E-state index is 13.1. The first-order valence-corrected chi connectivity index (χ1v) is 28.5. The first-order valence-electron chi connectivity index (χ1n) is 26.0. The molecule has 394 valence electrons. The Bertz CT molecular complexity index is 1470. The Morgan fingerprint density at radius 2 is 1.22 bits per heavy atom. The predicted octanol–water partition coefficient (Wildman–Crippen LogP) is 12.1. The number of aliphatic carboxylic acids is 1. The smallest absolute Gasteiger partial charge is 0.472 e. The number of aliphatic hydroxyl groups is 1. The predicted molar refractivity (Wildman–Crippen MR) is 280 cm³/mol. The summed E-state index contributed by atoms with van der Waals surface area (Å²) in [5.74, 6) is -2.23. The summed E-state index contributed by atoms with van der Waals surface area (Å²) in [7, 11) is 1.21. The molecule has 0 fully saturated rings. The second kappa shape index (κ2) is 44.4. The number of rotatable bonds is 47. The zero-order chi connectivity index (χ0) is 50.6. The molecular weight excluding hydrogens is 904 g/mol. The van der Waals surface area contributed by atoms with Crippen molar-refractivity contribution in [2.24, 2.45) is 5.73 Å². The maximum atomic E-state index is 13.1. The number of phosphoric ester groups is 1. The van der Waals surface area contributed by atoms with Crippen molar-refractivity contribution in [3.8, 4) is 0 Å². The Balaban J connectivity index is 5.08. The van der Waals surface area contributed by atoms with E-state index in [0.29, 0.717) is 17.4 Å². The van der Waals surface area contributed by atoms with Gasteiger partial charge in [0.15, 0.2) is 6.10 Å². The fourth-order valence-corrected chi connectivity index (χ4v) is 8.67. The maximum Gasteiger partial charge on any atom is 0.472 e. The minimum absolute atomic E-state index is 0.0465. The van der Waals surface area contributed by atoms with E-state index in [0.717, 1.165) is 38.5 Å². The first kappa shape index (κ1) is 65.5. The zero-order valence-electron chi connectivity index (χ0n) is 43.0. The van der Waals surface area contributed by atoms with Crippen LogP contribution in [0.3, 0.4) is 0 Å². The molecule has 0 aliphatic rings. The molecule has 0 radical (unpaired) electrons. The van der Waals surface area contributed by atoms with Gasteiger partial charge in [0.1, 0.15) is 25.8 Å². The molecule has 0 saturated carbocycles. The topological polar surface area (TPSA) is 192 Å². The van der Waals surface area contributed by atoms with Crippen LogP contribution in [-0.4, -0.2) is 114 Å². The molecule has 1 unspecified atom stereocenters. The summed E-state index contributed by atoms with van der Waals surface area (Å²) in [6, 6.07) is -1.13. The van der Waals surface area contributed by atoms with Crippen molar-refractivity contribution >= 4 is 37.5 Å². The van der Waals surface area contributed by atoms with E-state index in [1.54, 1.807) is 12.2 Å². The van der Waals surface area contributed by atoms with Crippen LogP contribution in [0.2, 0.25) is 0 Å². The highest BCUT2D eigenvalue weighted by molar-refractivity contribution is 8.00. The van der Waals surface area contributed by atoms with E-state index in [9.17, 15) is 28.9 Å². The number of phosphoric acid groups is 1. The lowest BCUT2D eigenvalue weighted by Crippen LogP contribution is -2.39. The summed E-state index contributed by atoms with van der Waals surface area (Å²) in [5, 5.41) is 19.5. The summed E-state index contributed by atoms with van der Waals surface area (Å²) in [4.78, 5) is 47.4. The third-order valence-electron chi connectivity index (χ3n) is 11.0. The summed E-state index contributed by atoms with van der Waals surface area (Å²) < 4.78 is 34.5. The molecule has 0 rings (SSSR count). The number of carboxylic acids is 1. The Morgan fingerprint density at radius 1 is 0.676 bits per heavy atom. The Hall–Kier alpha value is -2.55. The molecule has 0 spiro atoms. The van der Waals surface area contributed by atoms with Gasteiger partial charge >= 0.3 is 25.7 Å². The molecule has 5 atom stereocenters. The molecule has 5 N–H and O–H groups in total. The quantitative estimate of drug-likeness (QED) is 0.0113. The Morgan fingerprint density at radius 3 is 1.82 bits per heavy atom. The van der Waals surface area contributed by atoms with Crippen LogP contribution in [0.25, 0.3) is 0 Å². The average Bonchev–Trinajstić information content (AvgIpc) is 3.28. The number of esters is 2. The van der Waals surface area contributed by atoms with Crippen LogP contribution in [0.15, 0.2) is 60.8 Å². The molecule has 0 saturated heterocycles. The van der Waals surface area contributed by atoms with E-state index in [4.69, 9.17) is 29.4 Å². The standard InChI is InChI=1S/C53H95N2O11PS/c1-6-8-10-12-14-16-18-20-21-22-23-24-25-26-28-30-32-34-36-41-52(59)66-47(45-65-67(61,62)64-43-42-55(3,4)5)44-63-53(60)48(54)46-68-50(49(56)38-37-40-51(57)58)39-35-33-31-29-27-19-17-15-13-11-9-7-2/h15,17,20-21,27,29,31,33,35,39,47-50,56H,6-14,16,18-19,22-26,28,30,32,34,36-38,40-46,54H2,1-5H3,(H-,57,58,61,62)/p+1/b17-15-,21-20-,29-27-,33-31+,39-35+/t47-,48+,49+,50-/m1/s1. The number of ether oxygens (including phenoxy) is 2. The molecule has 0 aromatic carbocycles. The minimum atomic E-state index is -4.52. The molecule has 0 amide bonds. The largest absolute Gasteiger partial charge is 0.481 e. The number of carboxylic acid groups (broad SMARTS) is 1. The van der Waals surface area contributed by atoms with E-state index in [-0.39, 0.29) is 38.0 Å². The molecule has 13 nitrogen and oxygen atoms in total. The molecule has 0 aliphatic carbocycles. The highest BCUT2D eigenvalue weighted by Crippen LogP contribution is 2.43. The van der Waals surface area contributed by atoms with E-state index in [2.05, 4.69) is 38.2 Å². The monoisotopic (exact) mass is 1000 g/mol. The SMILES string of the molecule is CCCCC/C=C\C\C=C/C=C/C=C/[C@@H](SC[C@H](N)C(=O)OC[C@H](COP(=O)(O)OCC[N+](C)(C)C)OC(=O)CCCCCCCCCCC/C=C\CCCCCCCC)[C@@H](O)CCCC(=O)O. The number of carbonyl (C=O) groups is 3. The second-order valence-electron chi connectivity index (χ2n) is 18.8. The minimum Gasteiger partial charge on any atom is -0.481 e. The number of nitrogens with two attached hydrogens (primary N) is 1. The third kappa shape index (κ3) is 44.6. The van der Waals surface area contributed by atoms with Crippen molar-refractivity contribution in [3.63, 3.8) is 0 Å². The lowest BCUT2D eigenvalue weighted by atomic mass is 10.1. The Labute approximate surface area is 417 Å². The first-order chi connectivity index (χ1) is 32.6. The van der Waals surface area contributed by atoms with E-state index in [1.807, 2.05) is 45.4 Å². The molecule has 0 aromatic rings. The van der Waals surface area contributed by atoms with Crippen molar-refractivity contribution in [3.05, 3.63) is 60.8 Å². The van der Waals surface area contributed by atoms with Gasteiger partial charge in [0.25, 0.3) is 0 Å². The van der Waals surface area contributed by atoms with Crippen molar-refractivity contribution in [2.75, 3.05) is 53.3 Å². The molecule has 0 heterocycles. The van der Waals surface area contributed by atoms with Crippen LogP contribution >= 0.6 is 19.6 Å². The van der Waals surface area contributed by atoms with E-state index >= 15 is 0 Å². The van der Waals surface area contributed by atoms with Crippen molar-refractivity contribution < 1.29 is 57.1 Å². The highest BCUT2D eigenvalue weighted by atomic mass is 32.2. The number of likely N-dealkylation sites (N-methyl/N-ethyl adjacent to an activating group) is 1. The lowest BCUT2D eigenvalue weighted by molar-refractivity contribution is -0.870. The van der Waals surface area contributed by atoms with Crippen LogP contribution in [0, 0.1) is 0 Å². The van der Waals surface area contributed by atoms with Crippen LogP contribution in [0.5, 0.6) is 0 Å². The summed E-state index contributed by atoms with van der Waals surface area (Å²) >= 11 is 1.23. The average molecular weight is 1000 g/mol. The van der Waals surface area contributed by atoms with Gasteiger partial charge in [-0.15, -0.1) is 11.8 Å². The molecular formula is C53H96N2O11PS+. The fourth-order valence-electron chi connectivity index (χ4n) is 6.80. The van der Waals surface area contributed by atoms with Crippen LogP contribution < -0.4 is 5.73 Å². The number of hydrogen-bond donors (Lipinski definition) is 4.